The SMILES string of the molecule is CC1(C)c2cc(/C=C/c3ccc4c(c3)C(C)(C)c3cc(N(c5ccc6c(c5)C(C)(C)c5ccccc5-6)c5ccccn5)ccc3-4)ccc2-c2ccc(/C=C/c3ccc4c(c3)C(C)(C)c3cc(N(c5ccc6c(c5)C(C)(C)c5ccccc5-6)c5ccccn5)ccc3-4)cc21. The minimum absolute atomic E-state index is 0.115. The highest BCUT2D eigenvalue weighted by Crippen LogP contribution is 2.57. The molecule has 2 aromatic heterocycles. The van der Waals surface area contributed by atoms with Crippen LogP contribution >= 0.6 is 0 Å². The fraction of sp³-hybridized carbons (Fsp3) is 0.169. The van der Waals surface area contributed by atoms with Crippen molar-refractivity contribution in [3.05, 3.63) is 321 Å². The van der Waals surface area contributed by atoms with Crippen molar-refractivity contribution in [2.75, 3.05) is 9.80 Å². The summed E-state index contributed by atoms with van der Waals surface area (Å²) in [6.07, 6.45) is 13.0. The van der Waals surface area contributed by atoms with Crippen molar-refractivity contribution in [1.29, 1.82) is 0 Å². The lowest BCUT2D eigenvalue weighted by atomic mass is 9.81. The van der Waals surface area contributed by atoms with Gasteiger partial charge in [0.25, 0.3) is 0 Å². The zero-order valence-electron chi connectivity index (χ0n) is 54.7. The molecule has 0 unspecified atom stereocenters. The van der Waals surface area contributed by atoms with Gasteiger partial charge in [0, 0.05) is 62.2 Å². The molecule has 5 aliphatic carbocycles. The van der Waals surface area contributed by atoms with Gasteiger partial charge in [-0.2, -0.15) is 0 Å². The highest BCUT2D eigenvalue weighted by atomic mass is 15.2. The van der Waals surface area contributed by atoms with Crippen molar-refractivity contribution in [2.24, 2.45) is 0 Å². The van der Waals surface area contributed by atoms with Crippen molar-refractivity contribution in [1.82, 2.24) is 9.97 Å². The van der Waals surface area contributed by atoms with Gasteiger partial charge in [-0.3, -0.25) is 9.80 Å². The molecule has 0 amide bonds. The molecule has 2 heterocycles. The molecule has 12 aromatic rings. The number of anilines is 6. The number of aromatic nitrogens is 2. The Morgan fingerprint density at radius 3 is 0.720 bits per heavy atom. The average molecular weight is 1200 g/mol. The van der Waals surface area contributed by atoms with E-state index in [0.717, 1.165) is 34.4 Å². The van der Waals surface area contributed by atoms with Crippen LogP contribution in [0.15, 0.2) is 243 Å². The molecule has 0 atom stereocenters. The third-order valence-corrected chi connectivity index (χ3v) is 22.0. The van der Waals surface area contributed by atoms with Crippen LogP contribution in [0, 0.1) is 0 Å². The number of rotatable bonds is 10. The molecule has 5 aliphatic rings. The first-order chi connectivity index (χ1) is 44.8. The summed E-state index contributed by atoms with van der Waals surface area (Å²) in [6.45, 7) is 23.7. The molecule has 0 aliphatic heterocycles. The summed E-state index contributed by atoms with van der Waals surface area (Å²) in [6, 6.07) is 86.3. The van der Waals surface area contributed by atoms with Crippen LogP contribution in [0.2, 0.25) is 0 Å². The summed E-state index contributed by atoms with van der Waals surface area (Å²) in [4.78, 5) is 14.5. The summed E-state index contributed by atoms with van der Waals surface area (Å²) in [5.41, 5.74) is 35.0. The second-order valence-electron chi connectivity index (χ2n) is 29.1. The molecule has 0 N–H and O–H groups in total. The second-order valence-corrected chi connectivity index (χ2v) is 29.1. The van der Waals surface area contributed by atoms with Gasteiger partial charge in [-0.25, -0.2) is 9.97 Å². The first kappa shape index (κ1) is 56.6. The second kappa shape index (κ2) is 20.3. The van der Waals surface area contributed by atoms with E-state index in [1.807, 2.05) is 24.5 Å². The van der Waals surface area contributed by atoms with Gasteiger partial charge in [-0.05, 0) is 206 Å². The van der Waals surface area contributed by atoms with Crippen LogP contribution in [0.1, 0.15) is 147 Å². The van der Waals surface area contributed by atoms with E-state index in [9.17, 15) is 0 Å². The Hall–Kier alpha value is -10.4. The Morgan fingerprint density at radius 2 is 0.452 bits per heavy atom. The van der Waals surface area contributed by atoms with Crippen LogP contribution in [-0.4, -0.2) is 9.97 Å². The summed E-state index contributed by atoms with van der Waals surface area (Å²) in [5, 5.41) is 0. The zero-order valence-corrected chi connectivity index (χ0v) is 54.7. The predicted octanol–water partition coefficient (Wildman–Crippen LogP) is 23.3. The van der Waals surface area contributed by atoms with Gasteiger partial charge < -0.3 is 0 Å². The number of benzene rings is 10. The van der Waals surface area contributed by atoms with Crippen molar-refractivity contribution < 1.29 is 0 Å². The largest absolute Gasteiger partial charge is 0.295 e. The van der Waals surface area contributed by atoms with Gasteiger partial charge in [0.05, 0.1) is 0 Å². The maximum Gasteiger partial charge on any atom is 0.137 e. The van der Waals surface area contributed by atoms with Crippen molar-refractivity contribution in [2.45, 2.75) is 96.3 Å². The lowest BCUT2D eigenvalue weighted by Gasteiger charge is -2.29. The van der Waals surface area contributed by atoms with Crippen LogP contribution in [0.25, 0.3) is 79.9 Å². The summed E-state index contributed by atoms with van der Waals surface area (Å²) in [7, 11) is 0. The number of pyridine rings is 2. The lowest BCUT2D eigenvalue weighted by molar-refractivity contribution is 0.659. The highest BCUT2D eigenvalue weighted by Gasteiger charge is 2.41. The maximum absolute atomic E-state index is 4.94. The fourth-order valence-corrected chi connectivity index (χ4v) is 16.8. The zero-order chi connectivity index (χ0) is 63.5. The van der Waals surface area contributed by atoms with Crippen LogP contribution < -0.4 is 9.80 Å². The molecule has 0 bridgehead atoms. The van der Waals surface area contributed by atoms with Crippen molar-refractivity contribution in [3.63, 3.8) is 0 Å². The molecule has 0 saturated carbocycles. The predicted molar refractivity (Wildman–Crippen MR) is 390 cm³/mol. The summed E-state index contributed by atoms with van der Waals surface area (Å²) >= 11 is 0. The van der Waals surface area contributed by atoms with E-state index in [-0.39, 0.29) is 27.1 Å². The number of fused-ring (bicyclic) bond motifs is 15. The smallest absolute Gasteiger partial charge is 0.137 e. The minimum atomic E-state index is -0.225. The van der Waals surface area contributed by atoms with Crippen LogP contribution in [0.3, 0.4) is 0 Å². The molecule has 4 heteroatoms. The van der Waals surface area contributed by atoms with Crippen LogP contribution in [0.4, 0.5) is 34.4 Å². The Morgan fingerprint density at radius 1 is 0.226 bits per heavy atom. The van der Waals surface area contributed by atoms with Gasteiger partial charge >= 0.3 is 0 Å². The first-order valence-corrected chi connectivity index (χ1v) is 33.0. The van der Waals surface area contributed by atoms with E-state index in [0.29, 0.717) is 0 Å². The minimum Gasteiger partial charge on any atom is -0.295 e. The van der Waals surface area contributed by atoms with E-state index in [1.54, 1.807) is 0 Å². The van der Waals surface area contributed by atoms with E-state index < -0.39 is 0 Å². The van der Waals surface area contributed by atoms with Gasteiger partial charge in [0.15, 0.2) is 0 Å². The van der Waals surface area contributed by atoms with Gasteiger partial charge in [0.2, 0.25) is 0 Å². The van der Waals surface area contributed by atoms with Gasteiger partial charge in [-0.1, -0.05) is 251 Å². The van der Waals surface area contributed by atoms with Gasteiger partial charge in [-0.15, -0.1) is 0 Å². The molecule has 10 aromatic carbocycles. The number of hydrogen-bond donors (Lipinski definition) is 0. The molecular formula is C89H74N4. The first-order valence-electron chi connectivity index (χ1n) is 33.0. The summed E-state index contributed by atoms with van der Waals surface area (Å²) in [5.74, 6) is 1.79. The monoisotopic (exact) mass is 1200 g/mol. The third kappa shape index (κ3) is 8.57. The molecule has 0 saturated heterocycles. The van der Waals surface area contributed by atoms with E-state index in [1.165, 1.54) is 134 Å². The Kier molecular flexibility index (Phi) is 12.3. The Bertz CT molecular complexity index is 4860. The summed E-state index contributed by atoms with van der Waals surface area (Å²) < 4.78 is 0. The maximum atomic E-state index is 4.94. The van der Waals surface area contributed by atoms with Gasteiger partial charge in [0.1, 0.15) is 11.6 Å². The van der Waals surface area contributed by atoms with E-state index in [2.05, 4.69) is 322 Å². The van der Waals surface area contributed by atoms with Crippen LogP contribution in [-0.2, 0) is 27.1 Å². The number of hydrogen-bond acceptors (Lipinski definition) is 4. The molecule has 0 radical (unpaired) electrons. The highest BCUT2D eigenvalue weighted by molar-refractivity contribution is 5.92. The number of nitrogens with zero attached hydrogens (tertiary/aromatic N) is 4. The average Bonchev–Trinajstić information content (AvgIpc) is 1.64. The fourth-order valence-electron chi connectivity index (χ4n) is 16.8. The van der Waals surface area contributed by atoms with E-state index >= 15 is 0 Å². The lowest BCUT2D eigenvalue weighted by Crippen LogP contribution is -2.18. The van der Waals surface area contributed by atoms with Crippen molar-refractivity contribution in [3.8, 4) is 55.6 Å². The molecule has 0 fully saturated rings. The molecule has 93 heavy (non-hydrogen) atoms. The molecule has 450 valence electrons. The molecule has 4 nitrogen and oxygen atoms in total. The van der Waals surface area contributed by atoms with E-state index in [4.69, 9.17) is 9.97 Å². The van der Waals surface area contributed by atoms with Crippen LogP contribution in [0.5, 0.6) is 0 Å². The topological polar surface area (TPSA) is 32.3 Å². The Balaban J connectivity index is 0.609. The third-order valence-electron chi connectivity index (χ3n) is 22.0. The Labute approximate surface area is 548 Å². The molecule has 17 rings (SSSR count). The molecule has 0 spiro atoms. The standard InChI is InChI=1S/C89H74N4/c1-85(2)73-21-13-11-19-63(73)69-41-33-59(51-79(69)85)92(83-23-15-17-45-90-83)61-35-43-71-67-39-31-57(49-77(67)88(7,8)81(71)53-61)27-25-55-29-37-65-66-38-30-56(48-76(66)87(5,6)75(65)47-55)26-28-58-32-40-68-72-44-36-62(54-82(72)89(9,10)78(68)50-58)93(84-24-16-18-46-91-84)60-34-42-70-64-20-12-14-22-74(64)86(3,4)80(70)52-60/h11-54H,1-10H3/b27-25+,28-26+. The normalized spacial score (nSPS) is 16.0. The molecular weight excluding hydrogens is 1130 g/mol. The van der Waals surface area contributed by atoms with Crippen molar-refractivity contribution >= 4 is 58.7 Å². The quantitative estimate of drug-likeness (QED) is 0.128.